The van der Waals surface area contributed by atoms with Gasteiger partial charge < -0.3 is 37.9 Å². The summed E-state index contributed by atoms with van der Waals surface area (Å²) in [7, 11) is 0. The predicted octanol–water partition coefficient (Wildman–Crippen LogP) is 13.6. The molecule has 0 N–H and O–H groups in total. The minimum atomic E-state index is 0.334. The molecule has 15 rings (SSSR count). The van der Waals surface area contributed by atoms with E-state index in [2.05, 4.69) is 0 Å². The van der Waals surface area contributed by atoms with Crippen LogP contribution in [0.3, 0.4) is 0 Å². The van der Waals surface area contributed by atoms with E-state index in [0.717, 1.165) is 0 Å². The molecule has 0 radical (unpaired) electrons. The number of rotatable bonds is 4. The number of hydrogen-bond acceptors (Lipinski definition) is 12. The number of aldehydes is 4. The Morgan fingerprint density at radius 1 is 0.188 bits per heavy atom. The van der Waals surface area contributed by atoms with Crippen molar-refractivity contribution < 1.29 is 57.1 Å². The maximum atomic E-state index is 11.9. The van der Waals surface area contributed by atoms with E-state index in [4.69, 9.17) is 37.9 Å². The molecule has 0 aromatic heterocycles. The van der Waals surface area contributed by atoms with Crippen molar-refractivity contribution in [3.05, 3.63) is 192 Å². The average Bonchev–Trinajstić information content (AvgIpc) is 3.31. The zero-order valence-corrected chi connectivity index (χ0v) is 33.4. The lowest BCUT2D eigenvalue weighted by Crippen LogP contribution is -1.93. The minimum absolute atomic E-state index is 0.334. The first-order chi connectivity index (χ1) is 31.3. The number of benzene rings is 8. The molecule has 0 fully saturated rings. The summed E-state index contributed by atoms with van der Waals surface area (Å²) in [4.78, 5) is 47.5. The highest BCUT2D eigenvalue weighted by Gasteiger charge is 2.12. The third-order valence-electron chi connectivity index (χ3n) is 9.33. The molecule has 7 heterocycles. The van der Waals surface area contributed by atoms with Crippen molar-refractivity contribution in [3.63, 3.8) is 0 Å². The van der Waals surface area contributed by atoms with Crippen LogP contribution < -0.4 is 37.9 Å². The summed E-state index contributed by atoms with van der Waals surface area (Å²) in [5.41, 5.74) is 1.34. The molecule has 0 atom stereocenters. The van der Waals surface area contributed by atoms with Gasteiger partial charge in [-0.2, -0.15) is 0 Å². The SMILES string of the molecule is O=Cc1cc2cc(c1)Oc1ccc(cc1)Oc1cc(C=O)cc(c1)Oc1ccc(cc1)Oc1cc(C=O)cc(c1)Oc1ccc(cc1)Oc1cc(C=O)cc(c1)Oc1ccc(cc1)O2. The topological polar surface area (TPSA) is 142 Å². The summed E-state index contributed by atoms with van der Waals surface area (Å²) >= 11 is 0. The second-order valence-electron chi connectivity index (χ2n) is 14.1. The molecule has 64 heavy (non-hydrogen) atoms. The molecule has 16 bridgehead atoms. The molecule has 312 valence electrons. The molecule has 8 aromatic rings. The molecule has 0 unspecified atom stereocenters. The summed E-state index contributed by atoms with van der Waals surface area (Å²) in [6, 6.07) is 46.4. The van der Waals surface area contributed by atoms with Crippen molar-refractivity contribution in [1.29, 1.82) is 0 Å². The number of ether oxygens (including phenoxy) is 8. The van der Waals surface area contributed by atoms with E-state index in [1.165, 1.54) is 0 Å². The zero-order chi connectivity index (χ0) is 43.8. The van der Waals surface area contributed by atoms with E-state index in [1.54, 1.807) is 170 Å². The fourth-order valence-corrected chi connectivity index (χ4v) is 6.51. The summed E-state index contributed by atoms with van der Waals surface area (Å²) in [6.45, 7) is 0. The molecule has 8 aromatic carbocycles. The van der Waals surface area contributed by atoms with Gasteiger partial charge in [0.2, 0.25) is 0 Å². The summed E-state index contributed by atoms with van der Waals surface area (Å²) in [6.07, 6.45) is 2.78. The molecule has 12 heteroatoms. The van der Waals surface area contributed by atoms with Crippen molar-refractivity contribution in [2.75, 3.05) is 0 Å². The van der Waals surface area contributed by atoms with Gasteiger partial charge in [0.1, 0.15) is 117 Å². The zero-order valence-electron chi connectivity index (χ0n) is 33.4. The lowest BCUT2D eigenvalue weighted by atomic mass is 10.2. The smallest absolute Gasteiger partial charge is 0.150 e. The largest absolute Gasteiger partial charge is 0.457 e. The third-order valence-corrected chi connectivity index (χ3v) is 9.33. The van der Waals surface area contributed by atoms with Crippen LogP contribution in [0.1, 0.15) is 41.4 Å². The highest BCUT2D eigenvalue weighted by atomic mass is 16.5. The predicted molar refractivity (Wildman–Crippen MR) is 234 cm³/mol. The van der Waals surface area contributed by atoms with Gasteiger partial charge in [0.15, 0.2) is 0 Å². The van der Waals surface area contributed by atoms with Crippen LogP contribution in [0.15, 0.2) is 170 Å². The van der Waals surface area contributed by atoms with Crippen LogP contribution in [0.5, 0.6) is 92.0 Å². The molecule has 0 amide bonds. The van der Waals surface area contributed by atoms with E-state index in [-0.39, 0.29) is 0 Å². The van der Waals surface area contributed by atoms with Gasteiger partial charge in [0, 0.05) is 46.5 Å². The van der Waals surface area contributed by atoms with Crippen LogP contribution in [-0.2, 0) is 0 Å². The van der Waals surface area contributed by atoms with E-state index in [0.29, 0.717) is 139 Å². The van der Waals surface area contributed by atoms with E-state index in [1.807, 2.05) is 0 Å². The Balaban J connectivity index is 1.02. The fourth-order valence-electron chi connectivity index (χ4n) is 6.51. The van der Waals surface area contributed by atoms with Crippen molar-refractivity contribution in [2.24, 2.45) is 0 Å². The Kier molecular flexibility index (Phi) is 11.5. The lowest BCUT2D eigenvalue weighted by molar-refractivity contribution is 0.111. The van der Waals surface area contributed by atoms with Gasteiger partial charge in [-0.25, -0.2) is 0 Å². The Hall–Kier alpha value is -9.16. The maximum absolute atomic E-state index is 11.9. The summed E-state index contributed by atoms with van der Waals surface area (Å²) in [5.74, 6) is 6.52. The summed E-state index contributed by atoms with van der Waals surface area (Å²) in [5, 5.41) is 0. The second-order valence-corrected chi connectivity index (χ2v) is 14.1. The molecule has 0 spiro atoms. The first-order valence-corrected chi connectivity index (χ1v) is 19.6. The molecular formula is C52H32O12. The summed E-state index contributed by atoms with van der Waals surface area (Å²) < 4.78 is 48.7. The fraction of sp³-hybridized carbons (Fsp3) is 0. The number of carbonyl (C=O) groups excluding carboxylic acids is 4. The van der Waals surface area contributed by atoms with Gasteiger partial charge >= 0.3 is 0 Å². The van der Waals surface area contributed by atoms with Crippen LogP contribution in [0.25, 0.3) is 0 Å². The van der Waals surface area contributed by atoms with Crippen molar-refractivity contribution >= 4 is 25.1 Å². The van der Waals surface area contributed by atoms with Crippen LogP contribution in [0.4, 0.5) is 0 Å². The first kappa shape index (κ1) is 40.3. The highest BCUT2D eigenvalue weighted by molar-refractivity contribution is 5.79. The highest BCUT2D eigenvalue weighted by Crippen LogP contribution is 2.37. The Bertz CT molecular complexity index is 2410. The monoisotopic (exact) mass is 848 g/mol. The number of hydrogen-bond donors (Lipinski definition) is 0. The van der Waals surface area contributed by atoms with Crippen molar-refractivity contribution in [3.8, 4) is 92.0 Å². The Morgan fingerprint density at radius 2 is 0.312 bits per heavy atom. The van der Waals surface area contributed by atoms with Crippen LogP contribution >= 0.6 is 0 Å². The van der Waals surface area contributed by atoms with Crippen LogP contribution in [0.2, 0.25) is 0 Å². The molecule has 0 saturated heterocycles. The van der Waals surface area contributed by atoms with Crippen LogP contribution in [0, 0.1) is 0 Å². The van der Waals surface area contributed by atoms with E-state index >= 15 is 0 Å². The lowest BCUT2D eigenvalue weighted by Gasteiger charge is -2.13. The quantitative estimate of drug-likeness (QED) is 0.156. The number of carbonyl (C=O) groups is 4. The average molecular weight is 849 g/mol. The molecule has 7 aliphatic heterocycles. The van der Waals surface area contributed by atoms with Gasteiger partial charge in [-0.1, -0.05) is 0 Å². The van der Waals surface area contributed by atoms with Gasteiger partial charge in [-0.05, 0) is 146 Å². The molecular weight excluding hydrogens is 817 g/mol. The third kappa shape index (κ3) is 10.1. The molecule has 12 nitrogen and oxygen atoms in total. The molecule has 7 aliphatic rings. The van der Waals surface area contributed by atoms with Gasteiger partial charge in [0.25, 0.3) is 0 Å². The van der Waals surface area contributed by atoms with Gasteiger partial charge in [0.05, 0.1) is 0 Å². The second kappa shape index (κ2) is 18.2. The first-order valence-electron chi connectivity index (χ1n) is 19.6. The van der Waals surface area contributed by atoms with Gasteiger partial charge in [-0.15, -0.1) is 0 Å². The van der Waals surface area contributed by atoms with Gasteiger partial charge in [-0.3, -0.25) is 19.2 Å². The Morgan fingerprint density at radius 3 is 0.422 bits per heavy atom. The standard InChI is InChI=1S/C52H32O12/c53-29-33-17-45-25-47(19-33)59-39-5-7-41(8-6-39)61-49-21-35(31-55)23-51(27-49)63-43-13-15-44(16-14-43)64-52-24-36(32-56)22-50(28-52)62-42-11-9-40(10-12-42)60-48-20-34(30-54)18-46(26-48)58-38-2-1-37(57-45)3-4-38/h1-32H. The van der Waals surface area contributed by atoms with Crippen LogP contribution in [-0.4, -0.2) is 25.1 Å². The molecule has 0 saturated carbocycles. The van der Waals surface area contributed by atoms with Crippen molar-refractivity contribution in [2.45, 2.75) is 0 Å². The van der Waals surface area contributed by atoms with Crippen molar-refractivity contribution in [1.82, 2.24) is 0 Å². The normalized spacial score (nSPS) is 11.8. The Labute approximate surface area is 365 Å². The minimum Gasteiger partial charge on any atom is -0.457 e. The van der Waals surface area contributed by atoms with E-state index in [9.17, 15) is 19.2 Å². The maximum Gasteiger partial charge on any atom is 0.150 e. The molecule has 0 aliphatic carbocycles. The van der Waals surface area contributed by atoms with E-state index < -0.39 is 0 Å².